The quantitative estimate of drug-likeness (QED) is 0.482. The van der Waals surface area contributed by atoms with E-state index in [1.54, 1.807) is 4.90 Å². The lowest BCUT2D eigenvalue weighted by atomic mass is 9.71. The Hall–Kier alpha value is -2.24. The number of amides is 2. The lowest BCUT2D eigenvalue weighted by molar-refractivity contribution is -0.126. The number of anilines is 1. The van der Waals surface area contributed by atoms with Crippen molar-refractivity contribution in [1.82, 2.24) is 9.80 Å². The van der Waals surface area contributed by atoms with Gasteiger partial charge in [0.2, 0.25) is 5.91 Å². The molecular weight excluding hydrogens is 555 g/mol. The number of benzene rings is 1. The van der Waals surface area contributed by atoms with E-state index < -0.39 is 47.1 Å². The van der Waals surface area contributed by atoms with Crippen LogP contribution in [0.2, 0.25) is 0 Å². The monoisotopic (exact) mass is 599 g/mol. The summed E-state index contributed by atoms with van der Waals surface area (Å²) in [6.07, 6.45) is 2.24. The fourth-order valence-electron chi connectivity index (χ4n) is 7.88. The van der Waals surface area contributed by atoms with Gasteiger partial charge in [0, 0.05) is 55.8 Å². The number of carbonyl (C=O) groups excluding carboxylic acids is 2. The molecule has 234 valence electrons. The molecule has 5 fully saturated rings. The molecule has 2 atom stereocenters. The highest BCUT2D eigenvalue weighted by Crippen LogP contribution is 2.60. The maximum Gasteiger partial charge on any atom is 0.494 e. The van der Waals surface area contributed by atoms with Crippen LogP contribution in [0.5, 0.6) is 0 Å². The number of ether oxygens (including phenoxy) is 1. The average Bonchev–Trinajstić information content (AvgIpc) is 3.22. The highest BCUT2D eigenvalue weighted by Gasteiger charge is 2.72. The Kier molecular flexibility index (Phi) is 6.28. The van der Waals surface area contributed by atoms with Crippen molar-refractivity contribution in [3.8, 4) is 0 Å². The van der Waals surface area contributed by atoms with Crippen molar-refractivity contribution in [2.75, 3.05) is 31.1 Å². The second-order valence-electron chi connectivity index (χ2n) is 15.7. The van der Waals surface area contributed by atoms with Crippen molar-refractivity contribution >= 4 is 30.3 Å². The molecule has 3 saturated heterocycles. The lowest BCUT2D eigenvalue weighted by Gasteiger charge is -2.47. The first-order valence-electron chi connectivity index (χ1n) is 15.9. The number of carbonyl (C=O) groups is 2. The number of hydrogen-bond donors (Lipinski definition) is 0. The second-order valence-corrected chi connectivity index (χ2v) is 15.7. The van der Waals surface area contributed by atoms with Gasteiger partial charge in [-0.25, -0.2) is 13.6 Å². The van der Waals surface area contributed by atoms with E-state index in [0.29, 0.717) is 39.0 Å². The zero-order valence-electron chi connectivity index (χ0n) is 26.4. The van der Waals surface area contributed by atoms with Crippen LogP contribution in [0.3, 0.4) is 0 Å². The summed E-state index contributed by atoms with van der Waals surface area (Å²) in [5, 5.41) is 0. The molecule has 2 amide bonds. The summed E-state index contributed by atoms with van der Waals surface area (Å²) < 4.78 is 46.0. The molecule has 4 aliphatic heterocycles. The Morgan fingerprint density at radius 2 is 1.56 bits per heavy atom. The molecule has 1 aromatic rings. The maximum absolute atomic E-state index is 14.5. The Balaban J connectivity index is 1.14. The van der Waals surface area contributed by atoms with Gasteiger partial charge in [-0.05, 0) is 91.2 Å². The first-order valence-corrected chi connectivity index (χ1v) is 15.9. The normalized spacial score (nSPS) is 33.4. The number of fused-ring (bicyclic) bond motifs is 3. The van der Waals surface area contributed by atoms with Crippen molar-refractivity contribution < 1.29 is 32.4 Å². The SMILES string of the molecule is CC(C)(C)OC(=O)N1CCC2(CC1)C(=O)N([C@H]1C[C@@H](N3CC4C(C3)C4(F)F)C1)c1cc(B3OC(C)(C)C(C)(C)O3)ccc12. The van der Waals surface area contributed by atoms with Gasteiger partial charge in [0.1, 0.15) is 5.60 Å². The Bertz CT molecular complexity index is 1320. The van der Waals surface area contributed by atoms with Crippen LogP contribution in [0.4, 0.5) is 19.3 Å². The van der Waals surface area contributed by atoms with Gasteiger partial charge in [0.05, 0.1) is 16.6 Å². The molecule has 1 aromatic carbocycles. The first kappa shape index (κ1) is 29.5. The highest BCUT2D eigenvalue weighted by atomic mass is 19.3. The minimum absolute atomic E-state index is 0.00509. The molecule has 0 aromatic heterocycles. The van der Waals surface area contributed by atoms with Crippen LogP contribution < -0.4 is 10.4 Å². The van der Waals surface area contributed by atoms with E-state index in [-0.39, 0.29) is 24.1 Å². The van der Waals surface area contributed by atoms with Crippen molar-refractivity contribution in [3.05, 3.63) is 23.8 Å². The summed E-state index contributed by atoms with van der Waals surface area (Å²) >= 11 is 0. The molecule has 0 bridgehead atoms. The molecule has 1 spiro atoms. The molecule has 0 radical (unpaired) electrons. The smallest absolute Gasteiger partial charge is 0.444 e. The van der Waals surface area contributed by atoms with Crippen LogP contribution in [0.1, 0.15) is 79.7 Å². The summed E-state index contributed by atoms with van der Waals surface area (Å²) in [5.41, 5.74) is 0.470. The number of nitrogens with zero attached hydrogens (tertiary/aromatic N) is 3. The number of halogens is 2. The number of alkyl halides is 2. The van der Waals surface area contributed by atoms with E-state index in [2.05, 4.69) is 17.0 Å². The molecule has 8 nitrogen and oxygen atoms in total. The van der Waals surface area contributed by atoms with E-state index >= 15 is 0 Å². The molecule has 0 N–H and O–H groups in total. The lowest BCUT2D eigenvalue weighted by Crippen LogP contribution is -2.58. The van der Waals surface area contributed by atoms with Crippen LogP contribution in [0.25, 0.3) is 0 Å². The fraction of sp³-hybridized carbons (Fsp3) is 0.750. The van der Waals surface area contributed by atoms with Gasteiger partial charge < -0.3 is 23.8 Å². The van der Waals surface area contributed by atoms with E-state index in [1.807, 2.05) is 59.4 Å². The van der Waals surface area contributed by atoms with Crippen molar-refractivity contribution in [2.45, 2.75) is 114 Å². The second kappa shape index (κ2) is 9.16. The molecule has 2 unspecified atom stereocenters. The maximum atomic E-state index is 14.5. The van der Waals surface area contributed by atoms with E-state index in [0.717, 1.165) is 29.6 Å². The zero-order valence-corrected chi connectivity index (χ0v) is 26.4. The summed E-state index contributed by atoms with van der Waals surface area (Å²) in [6.45, 7) is 15.4. The van der Waals surface area contributed by atoms with Gasteiger partial charge in [-0.3, -0.25) is 9.69 Å². The molecule has 7 rings (SSSR count). The van der Waals surface area contributed by atoms with Gasteiger partial charge in [0.15, 0.2) is 0 Å². The topological polar surface area (TPSA) is 71.6 Å². The molecule has 11 heteroatoms. The van der Waals surface area contributed by atoms with Crippen LogP contribution in [0.15, 0.2) is 18.2 Å². The van der Waals surface area contributed by atoms with Crippen LogP contribution in [-0.2, 0) is 24.3 Å². The zero-order chi connectivity index (χ0) is 30.9. The number of piperidine rings is 2. The van der Waals surface area contributed by atoms with Crippen molar-refractivity contribution in [3.63, 3.8) is 0 Å². The molecular formula is C32H44BF2N3O5. The van der Waals surface area contributed by atoms with Gasteiger partial charge in [-0.1, -0.05) is 12.1 Å². The minimum Gasteiger partial charge on any atom is -0.444 e. The number of likely N-dealkylation sites (tertiary alicyclic amines) is 2. The van der Waals surface area contributed by atoms with Crippen LogP contribution in [0, 0.1) is 11.8 Å². The fourth-order valence-corrected chi connectivity index (χ4v) is 7.88. The molecule has 2 saturated carbocycles. The molecule has 2 aliphatic carbocycles. The first-order chi connectivity index (χ1) is 19.9. The van der Waals surface area contributed by atoms with Crippen molar-refractivity contribution in [2.24, 2.45) is 11.8 Å². The minimum atomic E-state index is -2.49. The predicted octanol–water partition coefficient (Wildman–Crippen LogP) is 4.33. The van der Waals surface area contributed by atoms with Crippen LogP contribution >= 0.6 is 0 Å². The Labute approximate surface area is 253 Å². The third-order valence-corrected chi connectivity index (χ3v) is 11.4. The molecule has 4 heterocycles. The summed E-state index contributed by atoms with van der Waals surface area (Å²) in [5.74, 6) is -3.41. The average molecular weight is 600 g/mol. The Morgan fingerprint density at radius 1 is 0.977 bits per heavy atom. The number of rotatable bonds is 3. The summed E-state index contributed by atoms with van der Waals surface area (Å²) in [4.78, 5) is 33.2. The highest BCUT2D eigenvalue weighted by molar-refractivity contribution is 6.62. The largest absolute Gasteiger partial charge is 0.494 e. The van der Waals surface area contributed by atoms with Gasteiger partial charge >= 0.3 is 13.2 Å². The van der Waals surface area contributed by atoms with E-state index in [9.17, 15) is 18.4 Å². The van der Waals surface area contributed by atoms with Gasteiger partial charge in [-0.2, -0.15) is 0 Å². The van der Waals surface area contributed by atoms with E-state index in [4.69, 9.17) is 14.0 Å². The standard InChI is InChI=1S/C32H44BF2N3O5/c1-28(2,3)41-27(40)36-12-10-31(11-13-36)22-9-8-19(33-42-29(4,5)30(6,7)43-33)14-25(22)38(26(31)39)21-15-20(16-21)37-17-23-24(18-37)32(23,34)35/h8-9,14,20-21,23-24H,10-13,15-18H2,1-7H3/t20-,21+,23?,24?. The van der Waals surface area contributed by atoms with E-state index in [1.165, 1.54) is 0 Å². The van der Waals surface area contributed by atoms with Gasteiger partial charge in [0.25, 0.3) is 5.92 Å². The third-order valence-electron chi connectivity index (χ3n) is 11.4. The van der Waals surface area contributed by atoms with Crippen LogP contribution in [-0.4, -0.2) is 89.9 Å². The summed E-state index contributed by atoms with van der Waals surface area (Å²) in [6, 6.07) is 6.36. The molecule has 6 aliphatic rings. The molecule has 43 heavy (non-hydrogen) atoms. The van der Waals surface area contributed by atoms with Crippen molar-refractivity contribution in [1.29, 1.82) is 0 Å². The third kappa shape index (κ3) is 4.46. The summed E-state index contributed by atoms with van der Waals surface area (Å²) in [7, 11) is -0.551. The Morgan fingerprint density at radius 3 is 2.12 bits per heavy atom. The predicted molar refractivity (Wildman–Crippen MR) is 159 cm³/mol. The van der Waals surface area contributed by atoms with Gasteiger partial charge in [-0.15, -0.1) is 0 Å². The number of hydrogen-bond acceptors (Lipinski definition) is 6.